The number of carbonyl (C=O) groups is 1. The first-order chi connectivity index (χ1) is 6.59. The van der Waals surface area contributed by atoms with Crippen LogP contribution in [0.2, 0.25) is 0 Å². The van der Waals surface area contributed by atoms with Crippen LogP contribution >= 0.6 is 0 Å². The van der Waals surface area contributed by atoms with Crippen LogP contribution in [0.4, 0.5) is 0 Å². The molecule has 0 bridgehead atoms. The van der Waals surface area contributed by atoms with Gasteiger partial charge in [0, 0.05) is 12.0 Å². The number of Topliss-reactive ketones (excluding diaryl/α,β-unsaturated/α-hetero) is 1. The van der Waals surface area contributed by atoms with Gasteiger partial charge in [-0.25, -0.2) is 0 Å². The van der Waals surface area contributed by atoms with Crippen molar-refractivity contribution in [1.29, 1.82) is 0 Å². The second-order valence-electron chi connectivity index (χ2n) is 4.96. The number of carbonyl (C=O) groups excluding carboxylic acids is 1. The van der Waals surface area contributed by atoms with Crippen LogP contribution < -0.4 is 5.32 Å². The van der Waals surface area contributed by atoms with Crippen LogP contribution in [-0.4, -0.2) is 18.4 Å². The minimum Gasteiger partial charge on any atom is -0.308 e. The van der Waals surface area contributed by atoms with Crippen molar-refractivity contribution in [3.63, 3.8) is 0 Å². The van der Waals surface area contributed by atoms with Gasteiger partial charge in [-0.05, 0) is 18.8 Å². The molecule has 1 fully saturated rings. The second-order valence-corrected chi connectivity index (χ2v) is 4.96. The molecule has 0 spiro atoms. The summed E-state index contributed by atoms with van der Waals surface area (Å²) in [7, 11) is 0. The maximum Gasteiger partial charge on any atom is 0.149 e. The summed E-state index contributed by atoms with van der Waals surface area (Å²) < 4.78 is 0. The second kappa shape index (κ2) is 5.50. The first kappa shape index (κ1) is 11.7. The Labute approximate surface area is 87.5 Å². The topological polar surface area (TPSA) is 29.1 Å². The molecule has 0 saturated heterocycles. The van der Waals surface area contributed by atoms with Crippen molar-refractivity contribution in [3.05, 3.63) is 0 Å². The Balaban J connectivity index is 2.24. The average molecular weight is 197 g/mol. The highest BCUT2D eigenvalue weighted by atomic mass is 16.1. The summed E-state index contributed by atoms with van der Waals surface area (Å²) in [6, 6.07) is 0.418. The molecular formula is C12H23NO. The molecule has 0 aromatic heterocycles. The quantitative estimate of drug-likeness (QED) is 0.749. The van der Waals surface area contributed by atoms with Gasteiger partial charge >= 0.3 is 0 Å². The Morgan fingerprint density at radius 2 is 1.86 bits per heavy atom. The Bertz CT molecular complexity index is 181. The Morgan fingerprint density at radius 1 is 1.29 bits per heavy atom. The predicted octanol–water partition coefficient (Wildman–Crippen LogP) is 2.38. The SMILES string of the molecule is CC1CCC(C(=O)CNC(C)C)CC1. The number of ketones is 1. The smallest absolute Gasteiger partial charge is 0.149 e. The fourth-order valence-electron chi connectivity index (χ4n) is 2.03. The molecule has 0 unspecified atom stereocenters. The van der Waals surface area contributed by atoms with Crippen LogP contribution in [-0.2, 0) is 4.79 Å². The summed E-state index contributed by atoms with van der Waals surface area (Å²) >= 11 is 0. The number of nitrogens with one attached hydrogen (secondary N) is 1. The Kier molecular flexibility index (Phi) is 4.59. The largest absolute Gasteiger partial charge is 0.308 e. The van der Waals surface area contributed by atoms with Crippen LogP contribution in [0, 0.1) is 11.8 Å². The van der Waals surface area contributed by atoms with Crippen molar-refractivity contribution in [2.24, 2.45) is 11.8 Å². The molecule has 0 heterocycles. The van der Waals surface area contributed by atoms with E-state index in [1.807, 2.05) is 0 Å². The van der Waals surface area contributed by atoms with E-state index in [2.05, 4.69) is 26.1 Å². The number of rotatable bonds is 4. The molecule has 0 atom stereocenters. The molecule has 1 aliphatic carbocycles. The van der Waals surface area contributed by atoms with Gasteiger partial charge in [0.25, 0.3) is 0 Å². The van der Waals surface area contributed by atoms with E-state index in [1.165, 1.54) is 12.8 Å². The zero-order valence-corrected chi connectivity index (χ0v) is 9.68. The highest BCUT2D eigenvalue weighted by molar-refractivity contribution is 5.83. The van der Waals surface area contributed by atoms with Crippen molar-refractivity contribution in [2.45, 2.75) is 52.5 Å². The Hall–Kier alpha value is -0.370. The molecule has 14 heavy (non-hydrogen) atoms. The van der Waals surface area contributed by atoms with Crippen molar-refractivity contribution in [2.75, 3.05) is 6.54 Å². The lowest BCUT2D eigenvalue weighted by Crippen LogP contribution is -2.34. The molecule has 1 rings (SSSR count). The molecule has 0 aliphatic heterocycles. The van der Waals surface area contributed by atoms with Crippen LogP contribution in [0.5, 0.6) is 0 Å². The summed E-state index contributed by atoms with van der Waals surface area (Å²) in [5, 5.41) is 3.20. The molecule has 0 radical (unpaired) electrons. The molecule has 0 aromatic carbocycles. The summed E-state index contributed by atoms with van der Waals surface area (Å²) in [6.07, 6.45) is 4.69. The van der Waals surface area contributed by atoms with Crippen LogP contribution in [0.3, 0.4) is 0 Å². The number of hydrogen-bond donors (Lipinski definition) is 1. The lowest BCUT2D eigenvalue weighted by atomic mass is 9.81. The average Bonchev–Trinajstić information content (AvgIpc) is 2.15. The minimum absolute atomic E-state index is 0.345. The van der Waals surface area contributed by atoms with E-state index in [-0.39, 0.29) is 0 Å². The predicted molar refractivity (Wildman–Crippen MR) is 59.3 cm³/mol. The lowest BCUT2D eigenvalue weighted by Gasteiger charge is -2.25. The van der Waals surface area contributed by atoms with Crippen molar-refractivity contribution in [1.82, 2.24) is 5.32 Å². The molecule has 0 aromatic rings. The van der Waals surface area contributed by atoms with E-state index in [0.717, 1.165) is 18.8 Å². The monoisotopic (exact) mass is 197 g/mol. The Morgan fingerprint density at radius 3 is 2.36 bits per heavy atom. The van der Waals surface area contributed by atoms with Crippen molar-refractivity contribution >= 4 is 5.78 Å². The first-order valence-corrected chi connectivity index (χ1v) is 5.85. The van der Waals surface area contributed by atoms with Crippen LogP contribution in [0.15, 0.2) is 0 Å². The van der Waals surface area contributed by atoms with E-state index in [9.17, 15) is 4.79 Å². The third-order valence-electron chi connectivity index (χ3n) is 3.16. The van der Waals surface area contributed by atoms with Gasteiger partial charge in [0.15, 0.2) is 0 Å². The van der Waals surface area contributed by atoms with Gasteiger partial charge in [-0.15, -0.1) is 0 Å². The third kappa shape index (κ3) is 3.79. The summed E-state index contributed by atoms with van der Waals surface area (Å²) in [5.74, 6) is 1.60. The highest BCUT2D eigenvalue weighted by Crippen LogP contribution is 2.28. The van der Waals surface area contributed by atoms with Gasteiger partial charge in [-0.3, -0.25) is 4.79 Å². The fraction of sp³-hybridized carbons (Fsp3) is 0.917. The fourth-order valence-corrected chi connectivity index (χ4v) is 2.03. The molecule has 82 valence electrons. The zero-order chi connectivity index (χ0) is 10.6. The van der Waals surface area contributed by atoms with Crippen molar-refractivity contribution in [3.8, 4) is 0 Å². The molecule has 1 aliphatic rings. The zero-order valence-electron chi connectivity index (χ0n) is 9.68. The van der Waals surface area contributed by atoms with Gasteiger partial charge in [-0.2, -0.15) is 0 Å². The van der Waals surface area contributed by atoms with E-state index in [1.54, 1.807) is 0 Å². The molecular weight excluding hydrogens is 174 g/mol. The lowest BCUT2D eigenvalue weighted by molar-refractivity contribution is -0.123. The van der Waals surface area contributed by atoms with Gasteiger partial charge in [0.1, 0.15) is 5.78 Å². The molecule has 1 saturated carbocycles. The molecule has 2 heteroatoms. The van der Waals surface area contributed by atoms with Crippen molar-refractivity contribution < 1.29 is 4.79 Å². The highest BCUT2D eigenvalue weighted by Gasteiger charge is 2.23. The van der Waals surface area contributed by atoms with Gasteiger partial charge in [-0.1, -0.05) is 33.6 Å². The summed E-state index contributed by atoms with van der Waals surface area (Å²) in [5.41, 5.74) is 0. The van der Waals surface area contributed by atoms with E-state index < -0.39 is 0 Å². The normalized spacial score (nSPS) is 28.0. The van der Waals surface area contributed by atoms with E-state index >= 15 is 0 Å². The summed E-state index contributed by atoms with van der Waals surface area (Å²) in [6.45, 7) is 7.01. The van der Waals surface area contributed by atoms with E-state index in [0.29, 0.717) is 24.3 Å². The molecule has 2 nitrogen and oxygen atoms in total. The van der Waals surface area contributed by atoms with Crippen LogP contribution in [0.1, 0.15) is 46.5 Å². The van der Waals surface area contributed by atoms with Gasteiger partial charge < -0.3 is 5.32 Å². The number of hydrogen-bond acceptors (Lipinski definition) is 2. The maximum absolute atomic E-state index is 11.7. The molecule has 1 N–H and O–H groups in total. The molecule has 0 amide bonds. The van der Waals surface area contributed by atoms with E-state index in [4.69, 9.17) is 0 Å². The van der Waals surface area contributed by atoms with Gasteiger partial charge in [0.2, 0.25) is 0 Å². The minimum atomic E-state index is 0.345. The maximum atomic E-state index is 11.7. The first-order valence-electron chi connectivity index (χ1n) is 5.85. The standard InChI is InChI=1S/C12H23NO/c1-9(2)13-8-12(14)11-6-4-10(3)5-7-11/h9-11,13H,4-8H2,1-3H3. The van der Waals surface area contributed by atoms with Crippen LogP contribution in [0.25, 0.3) is 0 Å². The van der Waals surface area contributed by atoms with Gasteiger partial charge in [0.05, 0.1) is 6.54 Å². The third-order valence-corrected chi connectivity index (χ3v) is 3.16. The summed E-state index contributed by atoms with van der Waals surface area (Å²) in [4.78, 5) is 11.7.